The first kappa shape index (κ1) is 12.5. The maximum Gasteiger partial charge on any atom is 0.222 e. The summed E-state index contributed by atoms with van der Waals surface area (Å²) in [5, 5.41) is 3.42. The molecule has 0 spiro atoms. The van der Waals surface area contributed by atoms with Gasteiger partial charge >= 0.3 is 0 Å². The fourth-order valence-corrected chi connectivity index (χ4v) is 4.11. The third kappa shape index (κ3) is 2.56. The highest BCUT2D eigenvalue weighted by Gasteiger charge is 2.39. The zero-order valence-electron chi connectivity index (χ0n) is 11.4. The number of fused-ring (bicyclic) bond motifs is 1. The molecule has 1 aliphatic carbocycles. The zero-order chi connectivity index (χ0) is 12.4. The molecule has 18 heavy (non-hydrogen) atoms. The third-order valence-corrected chi connectivity index (χ3v) is 5.26. The predicted molar refractivity (Wildman–Crippen MR) is 72.3 cm³/mol. The van der Waals surface area contributed by atoms with Crippen LogP contribution in [-0.2, 0) is 4.79 Å². The largest absolute Gasteiger partial charge is 0.338 e. The monoisotopic (exact) mass is 250 g/mol. The summed E-state index contributed by atoms with van der Waals surface area (Å²) in [4.78, 5) is 14.5. The van der Waals surface area contributed by atoms with Crippen molar-refractivity contribution < 1.29 is 4.79 Å². The second-order valence-corrected chi connectivity index (χ2v) is 6.40. The van der Waals surface area contributed by atoms with Crippen LogP contribution in [0.3, 0.4) is 0 Å². The van der Waals surface area contributed by atoms with Gasteiger partial charge in [0, 0.05) is 32.1 Å². The average molecular weight is 250 g/mol. The van der Waals surface area contributed by atoms with E-state index in [9.17, 15) is 4.79 Å². The minimum Gasteiger partial charge on any atom is -0.338 e. The van der Waals surface area contributed by atoms with E-state index in [1.165, 1.54) is 38.5 Å². The number of hydrogen-bond acceptors (Lipinski definition) is 2. The molecular weight excluding hydrogens is 224 g/mol. The predicted octanol–water partition coefficient (Wildman–Crippen LogP) is 2.17. The maximum atomic E-state index is 12.3. The molecule has 1 N–H and O–H groups in total. The standard InChI is InChI=1S/C15H26N2O/c18-15(7-6-12-4-2-1-3-5-12)17-9-8-13-10-16-11-14(13)17/h12-14,16H,1-11H2/t13-,14+/m0/s1. The first-order chi connectivity index (χ1) is 8.84. The number of hydrogen-bond donors (Lipinski definition) is 1. The molecule has 2 atom stereocenters. The molecule has 0 bridgehead atoms. The van der Waals surface area contributed by atoms with Crippen molar-refractivity contribution in [3.8, 4) is 0 Å². The lowest BCUT2D eigenvalue weighted by atomic mass is 9.86. The first-order valence-electron chi connectivity index (χ1n) is 7.85. The van der Waals surface area contributed by atoms with Crippen LogP contribution in [-0.4, -0.2) is 36.5 Å². The van der Waals surface area contributed by atoms with Crippen LogP contribution < -0.4 is 5.32 Å². The number of carbonyl (C=O) groups excluding carboxylic acids is 1. The van der Waals surface area contributed by atoms with Crippen molar-refractivity contribution in [1.82, 2.24) is 10.2 Å². The minimum absolute atomic E-state index is 0.428. The summed E-state index contributed by atoms with van der Waals surface area (Å²) < 4.78 is 0. The van der Waals surface area contributed by atoms with Gasteiger partial charge in [0.1, 0.15) is 0 Å². The lowest BCUT2D eigenvalue weighted by Gasteiger charge is -2.26. The molecule has 102 valence electrons. The molecule has 0 aromatic carbocycles. The molecule has 0 aromatic rings. The molecule has 3 heteroatoms. The number of nitrogens with zero attached hydrogens (tertiary/aromatic N) is 1. The maximum absolute atomic E-state index is 12.3. The Balaban J connectivity index is 1.46. The molecule has 3 rings (SSSR count). The Kier molecular flexibility index (Phi) is 3.88. The van der Waals surface area contributed by atoms with Crippen LogP contribution >= 0.6 is 0 Å². The van der Waals surface area contributed by atoms with Crippen molar-refractivity contribution in [3.63, 3.8) is 0 Å². The topological polar surface area (TPSA) is 32.3 Å². The Morgan fingerprint density at radius 1 is 1.11 bits per heavy atom. The molecule has 2 heterocycles. The van der Waals surface area contributed by atoms with E-state index >= 15 is 0 Å². The van der Waals surface area contributed by atoms with Crippen molar-refractivity contribution in [2.75, 3.05) is 19.6 Å². The summed E-state index contributed by atoms with van der Waals surface area (Å²) in [5.74, 6) is 2.00. The summed E-state index contributed by atoms with van der Waals surface area (Å²) >= 11 is 0. The summed E-state index contributed by atoms with van der Waals surface area (Å²) in [7, 11) is 0. The van der Waals surface area contributed by atoms with Gasteiger partial charge in [-0.05, 0) is 24.7 Å². The van der Waals surface area contributed by atoms with Crippen LogP contribution in [0.1, 0.15) is 51.4 Å². The molecule has 0 radical (unpaired) electrons. The molecule has 1 amide bonds. The SMILES string of the molecule is O=C(CCC1CCCCC1)N1CC[C@H]2CNC[C@H]21. The fourth-order valence-electron chi connectivity index (χ4n) is 4.11. The normalized spacial score (nSPS) is 32.8. The highest BCUT2D eigenvalue weighted by Crippen LogP contribution is 2.30. The number of carbonyl (C=O) groups is 1. The van der Waals surface area contributed by atoms with Crippen LogP contribution in [0.4, 0.5) is 0 Å². The first-order valence-corrected chi connectivity index (χ1v) is 7.85. The van der Waals surface area contributed by atoms with Crippen LogP contribution in [0.2, 0.25) is 0 Å². The Labute approximate surface area is 110 Å². The highest BCUT2D eigenvalue weighted by molar-refractivity contribution is 5.77. The summed E-state index contributed by atoms with van der Waals surface area (Å²) in [6, 6.07) is 0.517. The van der Waals surface area contributed by atoms with Gasteiger partial charge in [-0.2, -0.15) is 0 Å². The van der Waals surface area contributed by atoms with Gasteiger partial charge in [-0.25, -0.2) is 0 Å². The van der Waals surface area contributed by atoms with Crippen molar-refractivity contribution in [3.05, 3.63) is 0 Å². The van der Waals surface area contributed by atoms with E-state index < -0.39 is 0 Å². The van der Waals surface area contributed by atoms with Crippen LogP contribution in [0.25, 0.3) is 0 Å². The summed E-state index contributed by atoms with van der Waals surface area (Å²) in [6.07, 6.45) is 10.1. The molecular formula is C15H26N2O. The molecule has 2 saturated heterocycles. The third-order valence-electron chi connectivity index (χ3n) is 5.26. The smallest absolute Gasteiger partial charge is 0.222 e. The van der Waals surface area contributed by atoms with E-state index in [0.717, 1.165) is 44.3 Å². The van der Waals surface area contributed by atoms with E-state index in [4.69, 9.17) is 0 Å². The zero-order valence-corrected chi connectivity index (χ0v) is 11.4. The van der Waals surface area contributed by atoms with Gasteiger partial charge in [0.05, 0.1) is 0 Å². The Morgan fingerprint density at radius 3 is 2.78 bits per heavy atom. The Bertz CT molecular complexity index is 299. The van der Waals surface area contributed by atoms with Crippen LogP contribution in [0.15, 0.2) is 0 Å². The minimum atomic E-state index is 0.428. The second-order valence-electron chi connectivity index (χ2n) is 6.40. The van der Waals surface area contributed by atoms with Gasteiger partial charge < -0.3 is 10.2 Å². The lowest BCUT2D eigenvalue weighted by Crippen LogP contribution is -2.39. The Hall–Kier alpha value is -0.570. The molecule has 3 nitrogen and oxygen atoms in total. The van der Waals surface area contributed by atoms with Gasteiger partial charge in [-0.15, -0.1) is 0 Å². The summed E-state index contributed by atoms with van der Waals surface area (Å²) in [5.41, 5.74) is 0. The number of amides is 1. The van der Waals surface area contributed by atoms with Crippen molar-refractivity contribution in [2.24, 2.45) is 11.8 Å². The van der Waals surface area contributed by atoms with Gasteiger partial charge in [0.2, 0.25) is 5.91 Å². The average Bonchev–Trinajstić information content (AvgIpc) is 2.99. The van der Waals surface area contributed by atoms with Crippen LogP contribution in [0, 0.1) is 11.8 Å². The fraction of sp³-hybridized carbons (Fsp3) is 0.933. The van der Waals surface area contributed by atoms with E-state index in [1.54, 1.807) is 0 Å². The second kappa shape index (κ2) is 5.60. The quantitative estimate of drug-likeness (QED) is 0.832. The van der Waals surface area contributed by atoms with Crippen molar-refractivity contribution in [2.45, 2.75) is 57.4 Å². The lowest BCUT2D eigenvalue weighted by molar-refractivity contribution is -0.132. The number of rotatable bonds is 3. The van der Waals surface area contributed by atoms with E-state index in [0.29, 0.717) is 11.9 Å². The van der Waals surface area contributed by atoms with Crippen molar-refractivity contribution >= 4 is 5.91 Å². The van der Waals surface area contributed by atoms with Gasteiger partial charge in [-0.1, -0.05) is 32.1 Å². The van der Waals surface area contributed by atoms with Crippen molar-refractivity contribution in [1.29, 1.82) is 0 Å². The molecule has 3 fully saturated rings. The number of nitrogens with one attached hydrogen (secondary N) is 1. The molecule has 0 unspecified atom stereocenters. The van der Waals surface area contributed by atoms with E-state index in [1.807, 2.05) is 0 Å². The molecule has 2 aliphatic heterocycles. The Morgan fingerprint density at radius 2 is 1.94 bits per heavy atom. The summed E-state index contributed by atoms with van der Waals surface area (Å²) in [6.45, 7) is 3.16. The number of likely N-dealkylation sites (tertiary alicyclic amines) is 1. The molecule has 1 saturated carbocycles. The van der Waals surface area contributed by atoms with Gasteiger partial charge in [-0.3, -0.25) is 4.79 Å². The van der Waals surface area contributed by atoms with Gasteiger partial charge in [0.15, 0.2) is 0 Å². The van der Waals surface area contributed by atoms with E-state index in [-0.39, 0.29) is 0 Å². The van der Waals surface area contributed by atoms with E-state index in [2.05, 4.69) is 10.2 Å². The molecule has 3 aliphatic rings. The van der Waals surface area contributed by atoms with Crippen LogP contribution in [0.5, 0.6) is 0 Å². The van der Waals surface area contributed by atoms with Gasteiger partial charge in [0.25, 0.3) is 0 Å². The highest BCUT2D eigenvalue weighted by atomic mass is 16.2. The molecule has 0 aromatic heterocycles.